The number of fused-ring (bicyclic) bond motifs is 1. The lowest BCUT2D eigenvalue weighted by molar-refractivity contribution is -0.117. The second kappa shape index (κ2) is 8.14. The monoisotopic (exact) mass is 400 g/mol. The van der Waals surface area contributed by atoms with Crippen molar-refractivity contribution in [1.29, 1.82) is 0 Å². The van der Waals surface area contributed by atoms with Crippen molar-refractivity contribution >= 4 is 33.0 Å². The van der Waals surface area contributed by atoms with Gasteiger partial charge in [0.15, 0.2) is 9.84 Å². The molecular formula is C21H24N2O4S. The van der Waals surface area contributed by atoms with Crippen molar-refractivity contribution in [3.63, 3.8) is 0 Å². The Morgan fingerprint density at radius 2 is 1.89 bits per heavy atom. The summed E-state index contributed by atoms with van der Waals surface area (Å²) in [5.41, 5.74) is 3.23. The SMILES string of the molecule is CC(=O)N1CCCc2cc(S(=O)(=O)CCC(=O)Nc3ccccc3C)ccc21. The summed E-state index contributed by atoms with van der Waals surface area (Å²) >= 11 is 0. The molecule has 1 heterocycles. The topological polar surface area (TPSA) is 83.6 Å². The van der Waals surface area contributed by atoms with Crippen molar-refractivity contribution in [2.45, 2.75) is 38.0 Å². The van der Waals surface area contributed by atoms with Crippen LogP contribution in [0.25, 0.3) is 0 Å². The van der Waals surface area contributed by atoms with E-state index in [1.807, 2.05) is 25.1 Å². The number of carbonyl (C=O) groups is 2. The first kappa shape index (κ1) is 20.1. The van der Waals surface area contributed by atoms with Crippen LogP contribution < -0.4 is 10.2 Å². The molecule has 1 aliphatic rings. The molecule has 0 atom stereocenters. The van der Waals surface area contributed by atoms with Gasteiger partial charge in [-0.05, 0) is 55.2 Å². The van der Waals surface area contributed by atoms with E-state index in [1.165, 1.54) is 13.0 Å². The van der Waals surface area contributed by atoms with Crippen LogP contribution in [-0.4, -0.2) is 32.5 Å². The maximum absolute atomic E-state index is 12.7. The second-order valence-corrected chi connectivity index (χ2v) is 9.11. The summed E-state index contributed by atoms with van der Waals surface area (Å²) in [5.74, 6) is -0.650. The number of sulfone groups is 1. The van der Waals surface area contributed by atoms with E-state index < -0.39 is 9.84 Å². The van der Waals surface area contributed by atoms with Gasteiger partial charge in [0.05, 0.1) is 10.6 Å². The number of benzene rings is 2. The number of nitrogens with zero attached hydrogens (tertiary/aromatic N) is 1. The quantitative estimate of drug-likeness (QED) is 0.836. The Morgan fingerprint density at radius 1 is 1.14 bits per heavy atom. The van der Waals surface area contributed by atoms with Gasteiger partial charge in [0.1, 0.15) is 0 Å². The number of rotatable bonds is 5. The first-order valence-corrected chi connectivity index (χ1v) is 10.9. The number of hydrogen-bond donors (Lipinski definition) is 1. The number of carbonyl (C=O) groups excluding carboxylic acids is 2. The number of nitrogens with one attached hydrogen (secondary N) is 1. The van der Waals surface area contributed by atoms with Gasteiger partial charge in [-0.15, -0.1) is 0 Å². The molecule has 1 aliphatic heterocycles. The first-order chi connectivity index (χ1) is 13.3. The summed E-state index contributed by atoms with van der Waals surface area (Å²) in [4.78, 5) is 25.8. The fourth-order valence-corrected chi connectivity index (χ4v) is 4.65. The van der Waals surface area contributed by atoms with E-state index in [9.17, 15) is 18.0 Å². The highest BCUT2D eigenvalue weighted by atomic mass is 32.2. The van der Waals surface area contributed by atoms with E-state index in [2.05, 4.69) is 5.32 Å². The Kier molecular flexibility index (Phi) is 5.84. The van der Waals surface area contributed by atoms with Gasteiger partial charge in [0.25, 0.3) is 0 Å². The van der Waals surface area contributed by atoms with Crippen LogP contribution >= 0.6 is 0 Å². The molecule has 0 saturated heterocycles. The molecule has 2 aromatic carbocycles. The van der Waals surface area contributed by atoms with Gasteiger partial charge in [0.2, 0.25) is 11.8 Å². The molecule has 0 spiro atoms. The van der Waals surface area contributed by atoms with Crippen LogP contribution in [0, 0.1) is 6.92 Å². The van der Waals surface area contributed by atoms with Crippen LogP contribution in [0.2, 0.25) is 0 Å². The molecule has 0 aromatic heterocycles. The zero-order valence-corrected chi connectivity index (χ0v) is 16.9. The molecule has 6 nitrogen and oxygen atoms in total. The zero-order chi connectivity index (χ0) is 20.3. The van der Waals surface area contributed by atoms with Crippen LogP contribution in [0.5, 0.6) is 0 Å². The normalized spacial score (nSPS) is 13.7. The second-order valence-electron chi connectivity index (χ2n) is 7.00. The Labute approximate surface area is 165 Å². The summed E-state index contributed by atoms with van der Waals surface area (Å²) in [6.45, 7) is 4.03. The van der Waals surface area contributed by atoms with Crippen LogP contribution in [0.15, 0.2) is 47.4 Å². The Bertz CT molecular complexity index is 1010. The van der Waals surface area contributed by atoms with Gasteiger partial charge in [-0.25, -0.2) is 8.42 Å². The maximum Gasteiger partial charge on any atom is 0.225 e. The van der Waals surface area contributed by atoms with Crippen LogP contribution in [0.3, 0.4) is 0 Å². The average molecular weight is 401 g/mol. The molecule has 0 aliphatic carbocycles. The van der Waals surface area contributed by atoms with E-state index >= 15 is 0 Å². The number of aryl methyl sites for hydroxylation is 2. The maximum atomic E-state index is 12.7. The highest BCUT2D eigenvalue weighted by Crippen LogP contribution is 2.30. The van der Waals surface area contributed by atoms with Gasteiger partial charge in [-0.3, -0.25) is 9.59 Å². The van der Waals surface area contributed by atoms with Gasteiger partial charge >= 0.3 is 0 Å². The predicted octanol–water partition coefficient (Wildman–Crippen LogP) is 3.10. The van der Waals surface area contributed by atoms with Crippen LogP contribution in [-0.2, 0) is 25.8 Å². The van der Waals surface area contributed by atoms with Gasteiger partial charge in [-0.1, -0.05) is 18.2 Å². The predicted molar refractivity (Wildman–Crippen MR) is 109 cm³/mol. The van der Waals surface area contributed by atoms with E-state index in [-0.39, 0.29) is 28.9 Å². The highest BCUT2D eigenvalue weighted by Gasteiger charge is 2.23. The highest BCUT2D eigenvalue weighted by molar-refractivity contribution is 7.91. The van der Waals surface area contributed by atoms with Crippen LogP contribution in [0.4, 0.5) is 11.4 Å². The molecule has 0 fully saturated rings. The van der Waals surface area contributed by atoms with Crippen LogP contribution in [0.1, 0.15) is 30.9 Å². The Morgan fingerprint density at radius 3 is 2.61 bits per heavy atom. The molecule has 148 valence electrons. The van der Waals surface area contributed by atoms with E-state index in [0.717, 1.165) is 29.7 Å². The van der Waals surface area contributed by atoms with Gasteiger partial charge in [0, 0.05) is 31.3 Å². The smallest absolute Gasteiger partial charge is 0.225 e. The molecule has 1 N–H and O–H groups in total. The lowest BCUT2D eigenvalue weighted by Gasteiger charge is -2.28. The third kappa shape index (κ3) is 4.42. The largest absolute Gasteiger partial charge is 0.326 e. The summed E-state index contributed by atoms with van der Waals surface area (Å²) in [7, 11) is -3.59. The summed E-state index contributed by atoms with van der Waals surface area (Å²) in [5, 5.41) is 2.75. The van der Waals surface area contributed by atoms with Gasteiger partial charge in [-0.2, -0.15) is 0 Å². The lowest BCUT2D eigenvalue weighted by Crippen LogP contribution is -2.33. The number of anilines is 2. The molecule has 7 heteroatoms. The standard InChI is InChI=1S/C21H24N2O4S/c1-15-6-3-4-8-19(15)22-21(25)11-13-28(26,27)18-9-10-20-17(14-18)7-5-12-23(20)16(2)24/h3-4,6,8-10,14H,5,7,11-13H2,1-2H3,(H,22,25). The molecule has 0 radical (unpaired) electrons. The molecule has 2 aromatic rings. The van der Waals surface area contributed by atoms with Crippen molar-refractivity contribution in [3.05, 3.63) is 53.6 Å². The Hall–Kier alpha value is -2.67. The van der Waals surface area contributed by atoms with Gasteiger partial charge < -0.3 is 10.2 Å². The molecule has 0 bridgehead atoms. The van der Waals surface area contributed by atoms with E-state index in [4.69, 9.17) is 0 Å². The number of para-hydroxylation sites is 1. The van der Waals surface area contributed by atoms with Crippen molar-refractivity contribution < 1.29 is 18.0 Å². The van der Waals surface area contributed by atoms with Crippen molar-refractivity contribution in [2.75, 3.05) is 22.5 Å². The fraction of sp³-hybridized carbons (Fsp3) is 0.333. The molecule has 2 amide bonds. The lowest BCUT2D eigenvalue weighted by atomic mass is 10.0. The molecular weight excluding hydrogens is 376 g/mol. The number of hydrogen-bond acceptors (Lipinski definition) is 4. The minimum absolute atomic E-state index is 0.0515. The van der Waals surface area contributed by atoms with E-state index in [0.29, 0.717) is 12.2 Å². The first-order valence-electron chi connectivity index (χ1n) is 9.27. The number of amides is 2. The molecule has 0 unspecified atom stereocenters. The average Bonchev–Trinajstić information content (AvgIpc) is 2.67. The summed E-state index contributed by atoms with van der Waals surface area (Å²) < 4.78 is 25.4. The van der Waals surface area contributed by atoms with Crippen molar-refractivity contribution in [3.8, 4) is 0 Å². The molecule has 0 saturated carbocycles. The van der Waals surface area contributed by atoms with E-state index in [1.54, 1.807) is 23.1 Å². The summed E-state index contributed by atoms with van der Waals surface area (Å²) in [6, 6.07) is 12.2. The Balaban J connectivity index is 1.70. The minimum atomic E-state index is -3.59. The molecule has 28 heavy (non-hydrogen) atoms. The third-order valence-corrected chi connectivity index (χ3v) is 6.64. The minimum Gasteiger partial charge on any atom is -0.326 e. The van der Waals surface area contributed by atoms with Crippen molar-refractivity contribution in [1.82, 2.24) is 0 Å². The van der Waals surface area contributed by atoms with Crippen molar-refractivity contribution in [2.24, 2.45) is 0 Å². The molecule has 3 rings (SSSR count). The fourth-order valence-electron chi connectivity index (χ4n) is 3.36. The third-order valence-electron chi connectivity index (χ3n) is 4.93. The summed E-state index contributed by atoms with van der Waals surface area (Å²) in [6.07, 6.45) is 1.42. The zero-order valence-electron chi connectivity index (χ0n) is 16.1.